The van der Waals surface area contributed by atoms with Crippen molar-refractivity contribution in [1.29, 1.82) is 0 Å². The van der Waals surface area contributed by atoms with Gasteiger partial charge in [-0.3, -0.25) is 43.3 Å². The monoisotopic (exact) mass is 721 g/mol. The number of primary amides is 1. The lowest BCUT2D eigenvalue weighted by molar-refractivity contribution is -0.141. The number of carboxylic acids is 1. The molecule has 51 heavy (non-hydrogen) atoms. The number of amides is 8. The van der Waals surface area contributed by atoms with Crippen LogP contribution >= 0.6 is 0 Å². The number of carbonyl (C=O) groups is 9. The maximum absolute atomic E-state index is 13.3. The molecule has 0 spiro atoms. The van der Waals surface area contributed by atoms with Crippen molar-refractivity contribution in [3.05, 3.63) is 0 Å². The number of urea groups is 1. The summed E-state index contributed by atoms with van der Waals surface area (Å²) < 4.78 is 0. The molecule has 4 unspecified atom stereocenters. The quantitative estimate of drug-likeness (QED) is 0.0651. The number of nitrogens with one attached hydrogen (secondary N) is 5. The van der Waals surface area contributed by atoms with E-state index >= 15 is 0 Å². The number of nitrogens with zero attached hydrogens (tertiary/aromatic N) is 1. The van der Waals surface area contributed by atoms with Gasteiger partial charge in [0.2, 0.25) is 35.4 Å². The van der Waals surface area contributed by atoms with Gasteiger partial charge in [-0.25, -0.2) is 4.79 Å². The van der Waals surface area contributed by atoms with E-state index in [1.165, 1.54) is 11.8 Å². The highest BCUT2D eigenvalue weighted by Crippen LogP contribution is 2.33. The molecule has 2 aliphatic rings. The zero-order valence-electron chi connectivity index (χ0n) is 30.3. The molecular weight excluding hydrogens is 666 g/mol. The number of carbonyl (C=O) groups excluding carboxylic acids is 8. The molecule has 8 N–H and O–H groups in total. The normalized spacial score (nSPS) is 20.7. The van der Waals surface area contributed by atoms with Gasteiger partial charge in [-0.05, 0) is 69.6 Å². The Bertz CT molecular complexity index is 1310. The highest BCUT2D eigenvalue weighted by molar-refractivity contribution is 6.03. The zero-order chi connectivity index (χ0) is 38.4. The van der Waals surface area contributed by atoms with Gasteiger partial charge in [0.25, 0.3) is 0 Å². The van der Waals surface area contributed by atoms with Crippen LogP contribution in [0.1, 0.15) is 92.4 Å². The van der Waals surface area contributed by atoms with E-state index in [9.17, 15) is 48.3 Å². The number of likely N-dealkylation sites (tertiary alicyclic amines) is 1. The average Bonchev–Trinajstić information content (AvgIpc) is 3.34. The number of hydrogen-bond donors (Lipinski definition) is 7. The second-order valence-electron chi connectivity index (χ2n) is 14.2. The van der Waals surface area contributed by atoms with Gasteiger partial charge in [0.1, 0.15) is 12.1 Å². The molecule has 1 aliphatic carbocycles. The molecule has 2 rings (SSSR count). The fraction of sp³-hybridized carbons (Fsp3) is 0.735. The molecule has 0 aromatic rings. The Kier molecular flexibility index (Phi) is 17.0. The Morgan fingerprint density at radius 2 is 1.51 bits per heavy atom. The molecule has 1 aliphatic heterocycles. The van der Waals surface area contributed by atoms with Gasteiger partial charge in [-0.15, -0.1) is 0 Å². The summed E-state index contributed by atoms with van der Waals surface area (Å²) in [5.74, 6) is -5.39. The van der Waals surface area contributed by atoms with Crippen molar-refractivity contribution in [3.8, 4) is 0 Å². The molecule has 0 radical (unpaired) electrons. The molecule has 286 valence electrons. The Labute approximate surface area is 298 Å². The van der Waals surface area contributed by atoms with Crippen molar-refractivity contribution in [2.45, 2.75) is 111 Å². The van der Waals surface area contributed by atoms with Crippen LogP contribution in [0, 0.1) is 29.6 Å². The molecule has 17 nitrogen and oxygen atoms in total. The van der Waals surface area contributed by atoms with Gasteiger partial charge in [0.05, 0.1) is 12.6 Å². The summed E-state index contributed by atoms with van der Waals surface area (Å²) in [4.78, 5) is 113. The predicted molar refractivity (Wildman–Crippen MR) is 183 cm³/mol. The lowest BCUT2D eigenvalue weighted by Gasteiger charge is -2.30. The predicted octanol–water partition coefficient (Wildman–Crippen LogP) is -0.0472. The van der Waals surface area contributed by atoms with Crippen LogP contribution in [0.5, 0.6) is 0 Å². The zero-order valence-corrected chi connectivity index (χ0v) is 30.3. The fourth-order valence-electron chi connectivity index (χ4n) is 6.33. The summed E-state index contributed by atoms with van der Waals surface area (Å²) in [7, 11) is 0. The second-order valence-corrected chi connectivity index (χ2v) is 14.2. The van der Waals surface area contributed by atoms with E-state index < -0.39 is 66.7 Å². The maximum Gasteiger partial charge on any atom is 0.312 e. The van der Waals surface area contributed by atoms with Crippen molar-refractivity contribution in [3.63, 3.8) is 0 Å². The lowest BCUT2D eigenvalue weighted by Crippen LogP contribution is -2.58. The van der Waals surface area contributed by atoms with Gasteiger partial charge < -0.3 is 37.4 Å². The number of imide groups is 1. The highest BCUT2D eigenvalue weighted by Gasteiger charge is 2.41. The van der Waals surface area contributed by atoms with Crippen LogP contribution < -0.4 is 32.3 Å². The number of ketones is 1. The standard InChI is InChI=1S/C34H55N7O10/c1-18(2)23-15-27(44)41(33(23)50)17-21-8-10-22(11-9-21)30(47)37-16-26(43)38-25(12-13-28(45)46)31(48)40-29(19(3)4)32(49)39-24(20(5)42)7-6-14-36-34(35)51/h18-19,21-25,29H,6-17H2,1-5H3,(H,37,47)(H,38,43)(H,39,49)(H,40,48)(H,45,46)(H3,35,36,51). The Morgan fingerprint density at radius 3 is 2.04 bits per heavy atom. The summed E-state index contributed by atoms with van der Waals surface area (Å²) in [6, 6.07) is -4.10. The second kappa shape index (κ2) is 20.3. The van der Waals surface area contributed by atoms with Gasteiger partial charge >= 0.3 is 12.0 Å². The highest BCUT2D eigenvalue weighted by atomic mass is 16.4. The van der Waals surface area contributed by atoms with Crippen molar-refractivity contribution in [2.24, 2.45) is 35.3 Å². The number of hydrogen-bond acceptors (Lipinski definition) is 9. The van der Waals surface area contributed by atoms with E-state index in [2.05, 4.69) is 26.6 Å². The summed E-state index contributed by atoms with van der Waals surface area (Å²) in [6.45, 7) is 8.51. The van der Waals surface area contributed by atoms with Crippen LogP contribution in [0.15, 0.2) is 0 Å². The first-order valence-electron chi connectivity index (χ1n) is 17.7. The van der Waals surface area contributed by atoms with Crippen LogP contribution in [-0.4, -0.2) is 101 Å². The molecule has 4 atom stereocenters. The van der Waals surface area contributed by atoms with Crippen molar-refractivity contribution >= 4 is 53.2 Å². The molecule has 0 aromatic carbocycles. The van der Waals surface area contributed by atoms with Gasteiger partial charge in [0, 0.05) is 37.8 Å². The minimum absolute atomic E-state index is 0.0801. The number of carboxylic acid groups (broad SMARTS) is 1. The Hall–Kier alpha value is -4.57. The van der Waals surface area contributed by atoms with Crippen molar-refractivity contribution in [2.75, 3.05) is 19.6 Å². The molecule has 0 aromatic heterocycles. The molecule has 1 heterocycles. The van der Waals surface area contributed by atoms with E-state index in [1.54, 1.807) is 13.8 Å². The summed E-state index contributed by atoms with van der Waals surface area (Å²) >= 11 is 0. The van der Waals surface area contributed by atoms with Crippen molar-refractivity contribution in [1.82, 2.24) is 31.5 Å². The Balaban J connectivity index is 1.92. The SMILES string of the molecule is CC(=O)C(CCCNC(N)=O)NC(=O)C(NC(=O)C(CCC(=O)O)NC(=O)CNC(=O)C1CCC(CN2C(=O)CC(C(C)C)C2=O)CC1)C(C)C. The first kappa shape index (κ1) is 42.6. The number of rotatable bonds is 20. The summed E-state index contributed by atoms with van der Waals surface area (Å²) in [5, 5.41) is 21.8. The van der Waals surface area contributed by atoms with Gasteiger partial charge in [-0.2, -0.15) is 0 Å². The number of Topliss-reactive ketones (excluding diaryl/α,β-unsaturated/α-hetero) is 1. The smallest absolute Gasteiger partial charge is 0.312 e. The van der Waals surface area contributed by atoms with E-state index in [4.69, 9.17) is 5.73 Å². The third-order valence-corrected chi connectivity index (χ3v) is 9.49. The number of aliphatic carboxylic acids is 1. The van der Waals surface area contributed by atoms with E-state index in [-0.39, 0.29) is 73.0 Å². The third kappa shape index (κ3) is 13.9. The molecule has 17 heteroatoms. The minimum atomic E-state index is -1.34. The van der Waals surface area contributed by atoms with Gasteiger partial charge in [0.15, 0.2) is 5.78 Å². The van der Waals surface area contributed by atoms with E-state index in [0.29, 0.717) is 38.6 Å². The van der Waals surface area contributed by atoms with E-state index in [0.717, 1.165) is 0 Å². The Morgan fingerprint density at radius 1 is 0.863 bits per heavy atom. The molecule has 8 amide bonds. The van der Waals surface area contributed by atoms with Crippen LogP contribution in [0.2, 0.25) is 0 Å². The molecule has 1 saturated heterocycles. The first-order valence-corrected chi connectivity index (χ1v) is 17.7. The van der Waals surface area contributed by atoms with Crippen molar-refractivity contribution < 1.29 is 48.3 Å². The summed E-state index contributed by atoms with van der Waals surface area (Å²) in [5.41, 5.74) is 5.04. The fourth-order valence-corrected chi connectivity index (χ4v) is 6.33. The largest absolute Gasteiger partial charge is 0.481 e. The molecular formula is C34H55N7O10. The molecule has 0 bridgehead atoms. The first-order chi connectivity index (χ1) is 23.9. The average molecular weight is 722 g/mol. The van der Waals surface area contributed by atoms with Crippen LogP contribution in [0.3, 0.4) is 0 Å². The molecule has 2 fully saturated rings. The van der Waals surface area contributed by atoms with Gasteiger partial charge in [-0.1, -0.05) is 27.7 Å². The molecule has 1 saturated carbocycles. The summed E-state index contributed by atoms with van der Waals surface area (Å²) in [6.07, 6.45) is 2.30. The van der Waals surface area contributed by atoms with E-state index in [1.807, 2.05) is 13.8 Å². The lowest BCUT2D eigenvalue weighted by atomic mass is 9.81. The van der Waals surface area contributed by atoms with Crippen LogP contribution in [-0.2, 0) is 38.4 Å². The maximum atomic E-state index is 13.3. The minimum Gasteiger partial charge on any atom is -0.481 e. The van der Waals surface area contributed by atoms with Crippen LogP contribution in [0.4, 0.5) is 4.79 Å². The van der Waals surface area contributed by atoms with Crippen LogP contribution in [0.25, 0.3) is 0 Å². The topological polar surface area (TPSA) is 263 Å². The third-order valence-electron chi connectivity index (χ3n) is 9.49. The number of nitrogens with two attached hydrogens (primary N) is 1.